The molecular weight excluding hydrogens is 328 g/mol. The zero-order valence-corrected chi connectivity index (χ0v) is 13.5. The summed E-state index contributed by atoms with van der Waals surface area (Å²) in [6.45, 7) is 2.56. The molecule has 0 fully saturated rings. The predicted octanol–water partition coefficient (Wildman–Crippen LogP) is 4.47. The maximum absolute atomic E-state index is 12.3. The van der Waals surface area contributed by atoms with Crippen LogP contribution in [-0.2, 0) is 13.0 Å². The topological polar surface area (TPSA) is 26.3 Å². The van der Waals surface area contributed by atoms with Crippen molar-refractivity contribution in [3.63, 3.8) is 0 Å². The SMILES string of the molecule is Cc1ccc2c(c1OCc1ccccc1)CCC(Br)C2=O. The van der Waals surface area contributed by atoms with Crippen LogP contribution in [0.25, 0.3) is 0 Å². The Hall–Kier alpha value is -1.61. The number of alkyl halides is 1. The summed E-state index contributed by atoms with van der Waals surface area (Å²) in [4.78, 5) is 12.2. The molecule has 1 unspecified atom stereocenters. The maximum atomic E-state index is 12.3. The van der Waals surface area contributed by atoms with Crippen molar-refractivity contribution in [3.05, 3.63) is 64.7 Å². The van der Waals surface area contributed by atoms with Crippen molar-refractivity contribution in [3.8, 4) is 5.75 Å². The summed E-state index contributed by atoms with van der Waals surface area (Å²) in [6.07, 6.45) is 1.71. The molecule has 3 heteroatoms. The molecule has 0 radical (unpaired) electrons. The van der Waals surface area contributed by atoms with Gasteiger partial charge in [0, 0.05) is 11.1 Å². The van der Waals surface area contributed by atoms with Gasteiger partial charge in [0.15, 0.2) is 5.78 Å². The van der Waals surface area contributed by atoms with Crippen LogP contribution in [0.5, 0.6) is 5.75 Å². The van der Waals surface area contributed by atoms with Gasteiger partial charge >= 0.3 is 0 Å². The summed E-state index contributed by atoms with van der Waals surface area (Å²) < 4.78 is 6.04. The number of benzene rings is 2. The summed E-state index contributed by atoms with van der Waals surface area (Å²) in [5.41, 5.74) is 4.09. The van der Waals surface area contributed by atoms with Gasteiger partial charge < -0.3 is 4.74 Å². The number of rotatable bonds is 3. The van der Waals surface area contributed by atoms with Crippen molar-refractivity contribution in [1.82, 2.24) is 0 Å². The highest BCUT2D eigenvalue weighted by atomic mass is 79.9. The fourth-order valence-corrected chi connectivity index (χ4v) is 3.20. The van der Waals surface area contributed by atoms with E-state index in [4.69, 9.17) is 4.74 Å². The normalized spacial score (nSPS) is 17.4. The number of carbonyl (C=O) groups is 1. The maximum Gasteiger partial charge on any atom is 0.176 e. The number of fused-ring (bicyclic) bond motifs is 1. The van der Waals surface area contributed by atoms with E-state index in [0.717, 1.165) is 40.8 Å². The lowest BCUT2D eigenvalue weighted by atomic mass is 9.88. The first kappa shape index (κ1) is 14.3. The molecule has 0 spiro atoms. The Labute approximate surface area is 133 Å². The molecule has 2 nitrogen and oxygen atoms in total. The molecule has 0 aromatic heterocycles. The van der Waals surface area contributed by atoms with Crippen LogP contribution in [-0.4, -0.2) is 10.6 Å². The van der Waals surface area contributed by atoms with Crippen molar-refractivity contribution in [2.75, 3.05) is 0 Å². The quantitative estimate of drug-likeness (QED) is 0.768. The van der Waals surface area contributed by atoms with E-state index in [-0.39, 0.29) is 10.6 Å². The van der Waals surface area contributed by atoms with E-state index in [2.05, 4.69) is 15.9 Å². The Kier molecular flexibility index (Phi) is 4.11. The van der Waals surface area contributed by atoms with E-state index in [0.29, 0.717) is 6.61 Å². The van der Waals surface area contributed by atoms with Crippen molar-refractivity contribution in [1.29, 1.82) is 0 Å². The van der Waals surface area contributed by atoms with Crippen LogP contribution in [0.3, 0.4) is 0 Å². The van der Waals surface area contributed by atoms with Gasteiger partial charge in [0.05, 0.1) is 4.83 Å². The van der Waals surface area contributed by atoms with Crippen molar-refractivity contribution >= 4 is 21.7 Å². The zero-order chi connectivity index (χ0) is 14.8. The van der Waals surface area contributed by atoms with Gasteiger partial charge in [-0.25, -0.2) is 0 Å². The smallest absolute Gasteiger partial charge is 0.176 e. The molecule has 1 aliphatic rings. The minimum Gasteiger partial charge on any atom is -0.488 e. The van der Waals surface area contributed by atoms with E-state index < -0.39 is 0 Å². The van der Waals surface area contributed by atoms with Gasteiger partial charge in [-0.3, -0.25) is 4.79 Å². The summed E-state index contributed by atoms with van der Waals surface area (Å²) in [5, 5.41) is 0. The van der Waals surface area contributed by atoms with Crippen LogP contribution >= 0.6 is 15.9 Å². The highest BCUT2D eigenvalue weighted by molar-refractivity contribution is 9.10. The molecule has 0 saturated carbocycles. The molecule has 0 heterocycles. The number of hydrogen-bond donors (Lipinski definition) is 0. The first-order valence-electron chi connectivity index (χ1n) is 7.14. The lowest BCUT2D eigenvalue weighted by molar-refractivity contribution is 0.0980. The highest BCUT2D eigenvalue weighted by Gasteiger charge is 2.28. The van der Waals surface area contributed by atoms with Gasteiger partial charge in [0.2, 0.25) is 0 Å². The van der Waals surface area contributed by atoms with Crippen LogP contribution in [0.1, 0.15) is 33.5 Å². The van der Waals surface area contributed by atoms with E-state index in [9.17, 15) is 4.79 Å². The first-order valence-corrected chi connectivity index (χ1v) is 8.06. The second-order valence-corrected chi connectivity index (χ2v) is 6.49. The third kappa shape index (κ3) is 2.88. The van der Waals surface area contributed by atoms with E-state index in [1.54, 1.807) is 0 Å². The number of Topliss-reactive ketones (excluding diaryl/α,β-unsaturated/α-hetero) is 1. The van der Waals surface area contributed by atoms with Gasteiger partial charge in [0.25, 0.3) is 0 Å². The van der Waals surface area contributed by atoms with Gasteiger partial charge in [-0.1, -0.05) is 58.4 Å². The molecule has 0 saturated heterocycles. The van der Waals surface area contributed by atoms with Crippen molar-refractivity contribution in [2.24, 2.45) is 0 Å². The first-order chi connectivity index (χ1) is 10.2. The average molecular weight is 345 g/mol. The number of ether oxygens (including phenoxy) is 1. The molecule has 21 heavy (non-hydrogen) atoms. The minimum absolute atomic E-state index is 0.0605. The molecule has 2 aromatic carbocycles. The highest BCUT2D eigenvalue weighted by Crippen LogP contribution is 2.35. The fraction of sp³-hybridized carbons (Fsp3) is 0.278. The molecule has 0 aliphatic heterocycles. The lowest BCUT2D eigenvalue weighted by Gasteiger charge is -2.23. The van der Waals surface area contributed by atoms with Gasteiger partial charge in [-0.05, 0) is 30.9 Å². The van der Waals surface area contributed by atoms with Crippen LogP contribution in [0.4, 0.5) is 0 Å². The third-order valence-electron chi connectivity index (χ3n) is 3.88. The lowest BCUT2D eigenvalue weighted by Crippen LogP contribution is -2.23. The summed E-state index contributed by atoms with van der Waals surface area (Å²) in [6, 6.07) is 14.0. The number of ketones is 1. The minimum atomic E-state index is -0.0605. The monoisotopic (exact) mass is 344 g/mol. The molecular formula is C18H17BrO2. The van der Waals surface area contributed by atoms with E-state index >= 15 is 0 Å². The van der Waals surface area contributed by atoms with E-state index in [1.165, 1.54) is 0 Å². The summed E-state index contributed by atoms with van der Waals surface area (Å²) in [5.74, 6) is 1.05. The Morgan fingerprint density at radius 2 is 1.95 bits per heavy atom. The van der Waals surface area contributed by atoms with Crippen molar-refractivity contribution < 1.29 is 9.53 Å². The molecule has 1 aliphatic carbocycles. The van der Waals surface area contributed by atoms with Crippen LogP contribution < -0.4 is 4.74 Å². The Morgan fingerprint density at radius 3 is 2.71 bits per heavy atom. The third-order valence-corrected chi connectivity index (χ3v) is 4.75. The van der Waals surface area contributed by atoms with Gasteiger partial charge in [-0.15, -0.1) is 0 Å². The summed E-state index contributed by atoms with van der Waals surface area (Å²) >= 11 is 3.45. The molecule has 3 rings (SSSR count). The zero-order valence-electron chi connectivity index (χ0n) is 11.9. The Morgan fingerprint density at radius 1 is 1.19 bits per heavy atom. The standard InChI is InChI=1S/C18H17BrO2/c1-12-7-8-14-15(9-10-16(19)17(14)20)18(12)21-11-13-5-3-2-4-6-13/h2-8,16H,9-11H2,1H3. The number of aryl methyl sites for hydroxylation is 1. The van der Waals surface area contributed by atoms with Crippen LogP contribution in [0.2, 0.25) is 0 Å². The van der Waals surface area contributed by atoms with E-state index in [1.807, 2.05) is 49.4 Å². The number of hydrogen-bond acceptors (Lipinski definition) is 2. The second-order valence-electron chi connectivity index (χ2n) is 5.38. The fourth-order valence-electron chi connectivity index (χ4n) is 2.73. The Bertz CT molecular complexity index is 664. The largest absolute Gasteiger partial charge is 0.488 e. The average Bonchev–Trinajstić information content (AvgIpc) is 2.51. The van der Waals surface area contributed by atoms with Crippen LogP contribution in [0.15, 0.2) is 42.5 Å². The molecule has 2 aromatic rings. The van der Waals surface area contributed by atoms with Crippen molar-refractivity contribution in [2.45, 2.75) is 31.2 Å². The molecule has 0 bridgehead atoms. The predicted molar refractivity (Wildman–Crippen MR) is 87.3 cm³/mol. The molecule has 1 atom stereocenters. The number of halogens is 1. The molecule has 108 valence electrons. The summed E-state index contributed by atoms with van der Waals surface area (Å²) in [7, 11) is 0. The Balaban J connectivity index is 1.90. The molecule has 0 N–H and O–H groups in total. The number of carbonyl (C=O) groups excluding carboxylic acids is 1. The molecule has 0 amide bonds. The second kappa shape index (κ2) is 6.02. The van der Waals surface area contributed by atoms with Gasteiger partial charge in [0.1, 0.15) is 12.4 Å². The van der Waals surface area contributed by atoms with Gasteiger partial charge in [-0.2, -0.15) is 0 Å². The van der Waals surface area contributed by atoms with Crippen LogP contribution in [0, 0.1) is 6.92 Å².